The zero-order valence-corrected chi connectivity index (χ0v) is 12.4. The summed E-state index contributed by atoms with van der Waals surface area (Å²) >= 11 is 3.16. The van der Waals surface area contributed by atoms with E-state index in [9.17, 15) is 17.6 Å². The molecule has 0 aliphatic heterocycles. The average Bonchev–Trinajstić information content (AvgIpc) is 2.27. The molecule has 18 heavy (non-hydrogen) atoms. The van der Waals surface area contributed by atoms with E-state index in [0.29, 0.717) is 4.47 Å². The molecule has 7 heteroatoms. The molecule has 0 unspecified atom stereocenters. The Labute approximate surface area is 114 Å². The van der Waals surface area contributed by atoms with Gasteiger partial charge in [-0.1, -0.05) is 0 Å². The fourth-order valence-electron chi connectivity index (χ4n) is 1.27. The summed E-state index contributed by atoms with van der Waals surface area (Å²) in [6.45, 7) is 0.0701. The van der Waals surface area contributed by atoms with E-state index in [1.807, 2.05) is 0 Å². The lowest BCUT2D eigenvalue weighted by atomic mass is 10.2. The topological polar surface area (TPSA) is 54.5 Å². The molecule has 0 aromatic heterocycles. The van der Waals surface area contributed by atoms with Crippen molar-refractivity contribution < 1.29 is 17.6 Å². The summed E-state index contributed by atoms with van der Waals surface area (Å²) in [5.41, 5.74) is 0.172. The van der Waals surface area contributed by atoms with Crippen molar-refractivity contribution in [3.8, 4) is 0 Å². The first kappa shape index (κ1) is 15.1. The van der Waals surface area contributed by atoms with Gasteiger partial charge in [-0.05, 0) is 34.1 Å². The van der Waals surface area contributed by atoms with E-state index in [1.54, 1.807) is 0 Å². The third-order valence-electron chi connectivity index (χ3n) is 2.30. The van der Waals surface area contributed by atoms with Gasteiger partial charge in [0.1, 0.15) is 15.7 Å². The molecule has 0 spiro atoms. The molecule has 1 amide bonds. The highest BCUT2D eigenvalue weighted by molar-refractivity contribution is 9.10. The van der Waals surface area contributed by atoms with E-state index in [0.717, 1.165) is 12.3 Å². The molecule has 0 bridgehead atoms. The van der Waals surface area contributed by atoms with Gasteiger partial charge in [-0.2, -0.15) is 0 Å². The van der Waals surface area contributed by atoms with Gasteiger partial charge in [-0.25, -0.2) is 12.8 Å². The van der Waals surface area contributed by atoms with Crippen LogP contribution < -0.4 is 0 Å². The Kier molecular flexibility index (Phi) is 4.86. The highest BCUT2D eigenvalue weighted by Gasteiger charge is 2.16. The van der Waals surface area contributed by atoms with Crippen molar-refractivity contribution in [1.29, 1.82) is 0 Å². The van der Waals surface area contributed by atoms with Crippen molar-refractivity contribution in [3.63, 3.8) is 0 Å². The van der Waals surface area contributed by atoms with Crippen molar-refractivity contribution in [2.24, 2.45) is 0 Å². The lowest BCUT2D eigenvalue weighted by Gasteiger charge is -2.17. The number of hydrogen-bond acceptors (Lipinski definition) is 3. The highest BCUT2D eigenvalue weighted by Crippen LogP contribution is 2.19. The Balaban J connectivity index is 2.83. The Hall–Kier alpha value is -0.950. The Morgan fingerprint density at radius 3 is 2.61 bits per heavy atom. The maximum absolute atomic E-state index is 13.1. The fourth-order valence-corrected chi connectivity index (χ4v) is 2.29. The maximum atomic E-state index is 13.1. The molecule has 0 atom stereocenters. The van der Waals surface area contributed by atoms with E-state index in [2.05, 4.69) is 15.9 Å². The van der Waals surface area contributed by atoms with Gasteiger partial charge < -0.3 is 4.90 Å². The molecule has 0 fully saturated rings. The molecule has 0 aliphatic rings. The van der Waals surface area contributed by atoms with Crippen molar-refractivity contribution in [3.05, 3.63) is 34.1 Å². The summed E-state index contributed by atoms with van der Waals surface area (Å²) in [7, 11) is -1.66. The van der Waals surface area contributed by atoms with Crippen LogP contribution in [0.15, 0.2) is 22.7 Å². The maximum Gasteiger partial charge on any atom is 0.254 e. The summed E-state index contributed by atoms with van der Waals surface area (Å²) in [6, 6.07) is 3.79. The second kappa shape index (κ2) is 5.79. The summed E-state index contributed by atoms with van der Waals surface area (Å²) in [4.78, 5) is 13.2. The Bertz CT molecular complexity index is 559. The molecule has 0 saturated heterocycles. The number of carbonyl (C=O) groups excluding carboxylic acids is 1. The lowest BCUT2D eigenvalue weighted by molar-refractivity contribution is 0.0802. The molecule has 1 rings (SSSR count). The molecule has 0 heterocycles. The summed E-state index contributed by atoms with van der Waals surface area (Å²) in [5, 5.41) is 0. The molecule has 0 saturated carbocycles. The van der Waals surface area contributed by atoms with Crippen LogP contribution in [0.2, 0.25) is 0 Å². The van der Waals surface area contributed by atoms with Crippen LogP contribution in [0, 0.1) is 5.82 Å². The molecular formula is C11H13BrFNO3S. The smallest absolute Gasteiger partial charge is 0.254 e. The van der Waals surface area contributed by atoms with Gasteiger partial charge in [-0.3, -0.25) is 4.79 Å². The molecule has 1 aromatic carbocycles. The molecule has 1 aromatic rings. The standard InChI is InChI=1S/C11H13BrFNO3S/c1-14(5-6-18(2,16)17)11(15)9-7-8(13)3-4-10(9)12/h3-4,7H,5-6H2,1-2H3. The van der Waals surface area contributed by atoms with Crippen LogP contribution >= 0.6 is 15.9 Å². The van der Waals surface area contributed by atoms with Crippen LogP contribution in [-0.4, -0.2) is 44.8 Å². The molecule has 100 valence electrons. The molecule has 0 radical (unpaired) electrons. The first-order valence-electron chi connectivity index (χ1n) is 5.09. The monoisotopic (exact) mass is 337 g/mol. The second-order valence-corrected chi connectivity index (χ2v) is 7.09. The lowest BCUT2D eigenvalue weighted by Crippen LogP contribution is -2.31. The van der Waals surface area contributed by atoms with Gasteiger partial charge in [-0.15, -0.1) is 0 Å². The van der Waals surface area contributed by atoms with Crippen molar-refractivity contribution >= 4 is 31.7 Å². The zero-order valence-electron chi connectivity index (χ0n) is 9.98. The number of amides is 1. The normalized spacial score (nSPS) is 11.3. The van der Waals surface area contributed by atoms with Crippen LogP contribution in [0.1, 0.15) is 10.4 Å². The van der Waals surface area contributed by atoms with Crippen molar-refractivity contribution in [2.75, 3.05) is 25.6 Å². The van der Waals surface area contributed by atoms with E-state index >= 15 is 0 Å². The average molecular weight is 338 g/mol. The number of nitrogens with zero attached hydrogens (tertiary/aromatic N) is 1. The van der Waals surface area contributed by atoms with Gasteiger partial charge in [0.05, 0.1) is 11.3 Å². The van der Waals surface area contributed by atoms with Crippen LogP contribution in [-0.2, 0) is 9.84 Å². The number of sulfone groups is 1. The van der Waals surface area contributed by atoms with Crippen LogP contribution in [0.3, 0.4) is 0 Å². The predicted octanol–water partition coefficient (Wildman–Crippen LogP) is 1.70. The van der Waals surface area contributed by atoms with E-state index in [4.69, 9.17) is 0 Å². The van der Waals surface area contributed by atoms with Crippen LogP contribution in [0.25, 0.3) is 0 Å². The van der Waals surface area contributed by atoms with Gasteiger partial charge in [0, 0.05) is 24.3 Å². The summed E-state index contributed by atoms with van der Waals surface area (Å²) in [6.07, 6.45) is 1.10. The van der Waals surface area contributed by atoms with Gasteiger partial charge in [0.2, 0.25) is 0 Å². The van der Waals surface area contributed by atoms with E-state index < -0.39 is 21.6 Å². The molecule has 4 nitrogen and oxygen atoms in total. The minimum Gasteiger partial charge on any atom is -0.341 e. The number of carbonyl (C=O) groups is 1. The minimum atomic E-state index is -3.13. The fraction of sp³-hybridized carbons (Fsp3) is 0.364. The van der Waals surface area contributed by atoms with E-state index in [1.165, 1.54) is 24.1 Å². The van der Waals surface area contributed by atoms with Gasteiger partial charge >= 0.3 is 0 Å². The third-order valence-corrected chi connectivity index (χ3v) is 3.92. The minimum absolute atomic E-state index is 0.0701. The summed E-state index contributed by atoms with van der Waals surface area (Å²) in [5.74, 6) is -1.06. The van der Waals surface area contributed by atoms with Crippen molar-refractivity contribution in [2.45, 2.75) is 0 Å². The molecular weight excluding hydrogens is 325 g/mol. The number of benzene rings is 1. The second-order valence-electron chi connectivity index (χ2n) is 3.98. The van der Waals surface area contributed by atoms with Crippen LogP contribution in [0.4, 0.5) is 4.39 Å². The largest absolute Gasteiger partial charge is 0.341 e. The summed E-state index contributed by atoms with van der Waals surface area (Å²) < 4.78 is 35.5. The quantitative estimate of drug-likeness (QED) is 0.840. The Morgan fingerprint density at radius 1 is 1.44 bits per heavy atom. The van der Waals surface area contributed by atoms with Crippen molar-refractivity contribution in [1.82, 2.24) is 4.90 Å². The first-order valence-corrected chi connectivity index (χ1v) is 7.94. The van der Waals surface area contributed by atoms with E-state index in [-0.39, 0.29) is 17.9 Å². The first-order chi connectivity index (χ1) is 8.20. The van der Waals surface area contributed by atoms with Crippen LogP contribution in [0.5, 0.6) is 0 Å². The number of halogens is 2. The number of hydrogen-bond donors (Lipinski definition) is 0. The molecule has 0 N–H and O–H groups in total. The highest BCUT2D eigenvalue weighted by atomic mass is 79.9. The SMILES string of the molecule is CN(CCS(C)(=O)=O)C(=O)c1cc(F)ccc1Br. The zero-order chi connectivity index (χ0) is 13.9. The molecule has 0 aliphatic carbocycles. The number of rotatable bonds is 4. The van der Waals surface area contributed by atoms with Gasteiger partial charge in [0.15, 0.2) is 0 Å². The van der Waals surface area contributed by atoms with Gasteiger partial charge in [0.25, 0.3) is 5.91 Å². The third kappa shape index (κ3) is 4.38. The Morgan fingerprint density at radius 2 is 2.06 bits per heavy atom. The predicted molar refractivity (Wildman–Crippen MR) is 70.8 cm³/mol.